The summed E-state index contributed by atoms with van der Waals surface area (Å²) in [5, 5.41) is 0. The van der Waals surface area contributed by atoms with E-state index in [-0.39, 0.29) is 35.6 Å². The Kier molecular flexibility index (Phi) is 8.33. The molecule has 4 aliphatic carbocycles. The Morgan fingerprint density at radius 3 is 1.58 bits per heavy atom. The molecule has 19 heavy (non-hydrogen) atoms. The Morgan fingerprint density at radius 2 is 1.21 bits per heavy atom. The summed E-state index contributed by atoms with van der Waals surface area (Å²) < 4.78 is 0. The maximum absolute atomic E-state index is 2.34. The molecule has 0 spiro atoms. The van der Waals surface area contributed by atoms with Gasteiger partial charge in [0.2, 0.25) is 0 Å². The minimum absolute atomic E-state index is 0. The summed E-state index contributed by atoms with van der Waals surface area (Å²) in [4.78, 5) is 0. The van der Waals surface area contributed by atoms with E-state index in [0.717, 1.165) is 11.8 Å². The molecular formula is C16H18F2Zr. The van der Waals surface area contributed by atoms with Crippen molar-refractivity contribution in [3.05, 3.63) is 60.4 Å². The molecule has 0 aromatic heterocycles. The van der Waals surface area contributed by atoms with E-state index in [2.05, 4.69) is 49.3 Å². The summed E-state index contributed by atoms with van der Waals surface area (Å²) in [6.45, 7) is 0. The second-order valence-corrected chi connectivity index (χ2v) is 4.88. The normalized spacial score (nSPS) is 26.9. The molecule has 0 aromatic rings. The summed E-state index contributed by atoms with van der Waals surface area (Å²) >= 11 is 0. The summed E-state index contributed by atoms with van der Waals surface area (Å²) in [5.41, 5.74) is 3.09. The van der Waals surface area contributed by atoms with Gasteiger partial charge in [0.25, 0.3) is 0 Å². The molecular weight excluding hydrogens is 321 g/mol. The number of halogens is 2. The molecule has 0 aromatic carbocycles. The maximum atomic E-state index is 2.34. The number of allylic oxidation sites excluding steroid dienone is 8. The van der Waals surface area contributed by atoms with Crippen molar-refractivity contribution in [2.45, 2.75) is 25.7 Å². The molecule has 2 saturated carbocycles. The Bertz CT molecular complexity index is 356. The molecule has 0 heterocycles. The van der Waals surface area contributed by atoms with Crippen molar-refractivity contribution in [1.29, 1.82) is 0 Å². The van der Waals surface area contributed by atoms with Crippen molar-refractivity contribution < 1.29 is 35.6 Å². The Hall–Kier alpha value is -0.557. The standard InChI is InChI=1S/2C8H9.2FH.Zr/c2*1-3-7-5-2-6-8(7)4-1;;;/h2*1,3-5,8H,2,6H2;2*1H;/q2*-1;;;+4/p-2. The molecule has 3 heteroatoms. The van der Waals surface area contributed by atoms with Gasteiger partial charge in [-0.3, -0.25) is 0 Å². The van der Waals surface area contributed by atoms with Crippen LogP contribution >= 0.6 is 0 Å². The van der Waals surface area contributed by atoms with Crippen LogP contribution in [0.1, 0.15) is 25.7 Å². The molecule has 2 atom stereocenters. The van der Waals surface area contributed by atoms with Crippen LogP contribution < -0.4 is 9.41 Å². The fourth-order valence-electron chi connectivity index (χ4n) is 2.89. The summed E-state index contributed by atoms with van der Waals surface area (Å²) in [6, 6.07) is 0. The first-order valence-electron chi connectivity index (χ1n) is 6.37. The van der Waals surface area contributed by atoms with Crippen molar-refractivity contribution in [3.63, 3.8) is 0 Å². The predicted octanol–water partition coefficient (Wildman–Crippen LogP) is -1.80. The Balaban J connectivity index is 0.000000295. The van der Waals surface area contributed by atoms with Crippen LogP contribution in [0.4, 0.5) is 0 Å². The van der Waals surface area contributed by atoms with E-state index in [1.807, 2.05) is 0 Å². The number of hydrogen-bond donors (Lipinski definition) is 0. The third-order valence-corrected chi connectivity index (χ3v) is 3.84. The van der Waals surface area contributed by atoms with Crippen molar-refractivity contribution in [2.24, 2.45) is 11.8 Å². The first-order valence-corrected chi connectivity index (χ1v) is 6.37. The Morgan fingerprint density at radius 1 is 0.789 bits per heavy atom. The smallest absolute Gasteiger partial charge is 1.00 e. The van der Waals surface area contributed by atoms with Gasteiger partial charge >= 0.3 is 26.2 Å². The third kappa shape index (κ3) is 4.21. The van der Waals surface area contributed by atoms with Crippen molar-refractivity contribution >= 4 is 0 Å². The third-order valence-electron chi connectivity index (χ3n) is 3.84. The zero-order valence-electron chi connectivity index (χ0n) is 10.9. The molecule has 4 aliphatic rings. The number of hydrogen-bond acceptors (Lipinski definition) is 0. The van der Waals surface area contributed by atoms with Gasteiger partial charge in [0.1, 0.15) is 0 Å². The van der Waals surface area contributed by atoms with E-state index < -0.39 is 0 Å². The quantitative estimate of drug-likeness (QED) is 0.457. The molecule has 2 fully saturated rings. The van der Waals surface area contributed by atoms with Gasteiger partial charge in [0.15, 0.2) is 0 Å². The van der Waals surface area contributed by atoms with Crippen LogP contribution in [0.3, 0.4) is 0 Å². The summed E-state index contributed by atoms with van der Waals surface area (Å²) in [5.74, 6) is 1.60. The van der Waals surface area contributed by atoms with Crippen molar-refractivity contribution in [3.8, 4) is 0 Å². The second kappa shape index (κ2) is 8.58. The molecule has 0 amide bonds. The first-order chi connectivity index (χ1) is 7.93. The van der Waals surface area contributed by atoms with E-state index in [1.165, 1.54) is 25.7 Å². The minimum atomic E-state index is 0. The van der Waals surface area contributed by atoms with E-state index in [9.17, 15) is 0 Å². The average molecular weight is 340 g/mol. The van der Waals surface area contributed by atoms with Crippen molar-refractivity contribution in [2.75, 3.05) is 0 Å². The Labute approximate surface area is 133 Å². The van der Waals surface area contributed by atoms with Crippen LogP contribution in [-0.4, -0.2) is 0 Å². The second-order valence-electron chi connectivity index (χ2n) is 4.88. The summed E-state index contributed by atoms with van der Waals surface area (Å²) in [6.07, 6.45) is 23.3. The van der Waals surface area contributed by atoms with Gasteiger partial charge in [0, 0.05) is 0 Å². The zero-order valence-corrected chi connectivity index (χ0v) is 13.3. The molecule has 0 saturated heterocycles. The molecule has 0 bridgehead atoms. The summed E-state index contributed by atoms with van der Waals surface area (Å²) in [7, 11) is 0. The largest absolute Gasteiger partial charge is 4.00 e. The van der Waals surface area contributed by atoms with Crippen LogP contribution in [0.2, 0.25) is 0 Å². The molecule has 2 unspecified atom stereocenters. The van der Waals surface area contributed by atoms with Crippen LogP contribution in [0, 0.1) is 24.7 Å². The van der Waals surface area contributed by atoms with Gasteiger partial charge < -0.3 is 9.41 Å². The van der Waals surface area contributed by atoms with Gasteiger partial charge in [0.05, 0.1) is 0 Å². The van der Waals surface area contributed by atoms with Crippen molar-refractivity contribution in [1.82, 2.24) is 0 Å². The molecule has 0 radical (unpaired) electrons. The van der Waals surface area contributed by atoms with Gasteiger partial charge in [-0.05, 0) is 11.8 Å². The first kappa shape index (κ1) is 18.4. The molecule has 100 valence electrons. The number of rotatable bonds is 0. The molecule has 4 rings (SSSR count). The van der Waals surface area contributed by atoms with Gasteiger partial charge in [-0.2, -0.15) is 0 Å². The molecule has 0 nitrogen and oxygen atoms in total. The van der Waals surface area contributed by atoms with Crippen LogP contribution in [0.25, 0.3) is 0 Å². The molecule has 0 N–H and O–H groups in total. The SMILES string of the molecule is C1=CC2CC[CH-]C2=C1.C1=CC2CC[CH-]C2=C1.[F-].[F-].[Zr+4]. The van der Waals surface area contributed by atoms with Crippen LogP contribution in [-0.2, 0) is 26.2 Å². The van der Waals surface area contributed by atoms with Gasteiger partial charge in [-0.25, -0.2) is 36.1 Å². The average Bonchev–Trinajstić information content (AvgIpc) is 2.99. The zero-order chi connectivity index (χ0) is 10.8. The maximum Gasteiger partial charge on any atom is 4.00 e. The van der Waals surface area contributed by atoms with E-state index in [1.54, 1.807) is 11.1 Å². The van der Waals surface area contributed by atoms with Gasteiger partial charge in [-0.15, -0.1) is 25.0 Å². The molecule has 0 aliphatic heterocycles. The van der Waals surface area contributed by atoms with Crippen LogP contribution in [0.15, 0.2) is 47.6 Å². The topological polar surface area (TPSA) is 0 Å². The van der Waals surface area contributed by atoms with Gasteiger partial charge in [-0.1, -0.05) is 25.0 Å². The van der Waals surface area contributed by atoms with Crippen LogP contribution in [0.5, 0.6) is 0 Å². The fourth-order valence-corrected chi connectivity index (χ4v) is 2.89. The monoisotopic (exact) mass is 338 g/mol. The van der Waals surface area contributed by atoms with E-state index in [4.69, 9.17) is 0 Å². The van der Waals surface area contributed by atoms with E-state index >= 15 is 0 Å². The minimum Gasteiger partial charge on any atom is -1.00 e. The van der Waals surface area contributed by atoms with E-state index in [0.29, 0.717) is 0 Å². The number of fused-ring (bicyclic) bond motifs is 2. The fraction of sp³-hybridized carbons (Fsp3) is 0.375. The predicted molar refractivity (Wildman–Crippen MR) is 68.5 cm³/mol.